The molecule has 1 aliphatic rings. The molecule has 5 heteroatoms. The summed E-state index contributed by atoms with van der Waals surface area (Å²) in [6.07, 6.45) is 3.53. The highest BCUT2D eigenvalue weighted by Crippen LogP contribution is 2.36. The van der Waals surface area contributed by atoms with Crippen LogP contribution in [0.2, 0.25) is 0 Å². The van der Waals surface area contributed by atoms with Crippen molar-refractivity contribution >= 4 is 0 Å². The van der Waals surface area contributed by atoms with Crippen molar-refractivity contribution in [1.29, 1.82) is 0 Å². The number of hydrazine groups is 3. The number of ether oxygens (including phenoxy) is 1. The Labute approximate surface area is 143 Å². The molecule has 3 N–H and O–H groups in total. The molecule has 0 spiro atoms. The largest absolute Gasteiger partial charge is 0.457 e. The zero-order valence-corrected chi connectivity index (χ0v) is 14.4. The van der Waals surface area contributed by atoms with E-state index >= 15 is 0 Å². The summed E-state index contributed by atoms with van der Waals surface area (Å²) in [6, 6.07) is 18.6. The zero-order chi connectivity index (χ0) is 16.9. The molecule has 2 aromatic rings. The van der Waals surface area contributed by atoms with E-state index in [9.17, 15) is 0 Å². The van der Waals surface area contributed by atoms with Crippen molar-refractivity contribution in [1.82, 2.24) is 15.7 Å². The maximum absolute atomic E-state index is 5.94. The van der Waals surface area contributed by atoms with E-state index in [1.807, 2.05) is 36.4 Å². The molecule has 3 rings (SSSR count). The maximum atomic E-state index is 5.94. The number of nitrogens with one attached hydrogen (secondary N) is 1. The summed E-state index contributed by atoms with van der Waals surface area (Å²) in [5.41, 5.74) is 4.42. The van der Waals surface area contributed by atoms with Gasteiger partial charge in [-0.25, -0.2) is 5.01 Å². The third kappa shape index (κ3) is 4.79. The van der Waals surface area contributed by atoms with Crippen molar-refractivity contribution in [2.75, 3.05) is 14.1 Å². The van der Waals surface area contributed by atoms with Gasteiger partial charge in [0.25, 0.3) is 0 Å². The van der Waals surface area contributed by atoms with Crippen LogP contribution in [-0.2, 0) is 6.42 Å². The van der Waals surface area contributed by atoms with E-state index in [0.717, 1.165) is 23.8 Å². The first-order valence-corrected chi connectivity index (χ1v) is 8.41. The Balaban J connectivity index is 1.68. The number of nitrogens with zero attached hydrogens (tertiary/aromatic N) is 2. The topological polar surface area (TPSA) is 53.8 Å². The molecule has 24 heavy (non-hydrogen) atoms. The fourth-order valence-electron chi connectivity index (χ4n) is 3.03. The lowest BCUT2D eigenvalue weighted by Crippen LogP contribution is -2.54. The predicted molar refractivity (Wildman–Crippen MR) is 96.0 cm³/mol. The fraction of sp³-hybridized carbons (Fsp3) is 0.368. The molecular formula is C19H26N4O. The first-order chi connectivity index (χ1) is 11.6. The van der Waals surface area contributed by atoms with Crippen LogP contribution in [0.15, 0.2) is 54.6 Å². The van der Waals surface area contributed by atoms with Gasteiger partial charge < -0.3 is 4.74 Å². The Morgan fingerprint density at radius 3 is 2.46 bits per heavy atom. The summed E-state index contributed by atoms with van der Waals surface area (Å²) in [5, 5.41) is 3.60. The number of hydrogen-bond acceptors (Lipinski definition) is 5. The highest BCUT2D eigenvalue weighted by Gasteiger charge is 2.34. The van der Waals surface area contributed by atoms with Crippen molar-refractivity contribution in [3.8, 4) is 11.5 Å². The number of likely N-dealkylation sites (N-methyl/N-ethyl adjacent to an activating group) is 1. The monoisotopic (exact) mass is 326 g/mol. The molecule has 0 heterocycles. The van der Waals surface area contributed by atoms with Gasteiger partial charge in [0, 0.05) is 20.1 Å². The standard InChI is InChI=1S/C19H26N4O/c1-22(21-23(2)20)19(16-11-12-16)14-15-7-6-10-18(13-15)24-17-8-4-3-5-9-17/h3-10,13,16,19,21H,11-12,14,20H2,1-2H3. The van der Waals surface area contributed by atoms with Gasteiger partial charge in [-0.05, 0) is 55.0 Å². The molecule has 1 aliphatic carbocycles. The highest BCUT2D eigenvalue weighted by molar-refractivity contribution is 5.34. The zero-order valence-electron chi connectivity index (χ0n) is 14.4. The summed E-state index contributed by atoms with van der Waals surface area (Å²) in [6.45, 7) is 0. The Hall–Kier alpha value is -1.92. The summed E-state index contributed by atoms with van der Waals surface area (Å²) in [4.78, 5) is 0. The molecule has 5 nitrogen and oxygen atoms in total. The summed E-state index contributed by atoms with van der Waals surface area (Å²) in [7, 11) is 3.85. The Bertz CT molecular complexity index is 643. The van der Waals surface area contributed by atoms with Crippen molar-refractivity contribution in [2.24, 2.45) is 11.8 Å². The van der Waals surface area contributed by atoms with Crippen LogP contribution in [0.1, 0.15) is 18.4 Å². The fourth-order valence-corrected chi connectivity index (χ4v) is 3.03. The SMILES string of the molecule is CN(N)NN(C)C(Cc1cccc(Oc2ccccc2)c1)C1CC1. The number of para-hydroxylation sites is 1. The van der Waals surface area contributed by atoms with Crippen molar-refractivity contribution in [3.63, 3.8) is 0 Å². The average molecular weight is 326 g/mol. The maximum Gasteiger partial charge on any atom is 0.127 e. The van der Waals surface area contributed by atoms with Gasteiger partial charge in [0.1, 0.15) is 11.5 Å². The average Bonchev–Trinajstić information content (AvgIpc) is 3.38. The lowest BCUT2D eigenvalue weighted by molar-refractivity contribution is 0.0220. The van der Waals surface area contributed by atoms with Crippen LogP contribution >= 0.6 is 0 Å². The van der Waals surface area contributed by atoms with E-state index in [1.165, 1.54) is 23.5 Å². The summed E-state index contributed by atoms with van der Waals surface area (Å²) < 4.78 is 5.94. The molecular weight excluding hydrogens is 300 g/mol. The van der Waals surface area contributed by atoms with Gasteiger partial charge >= 0.3 is 0 Å². The number of benzene rings is 2. The van der Waals surface area contributed by atoms with E-state index in [1.54, 1.807) is 7.05 Å². The molecule has 1 atom stereocenters. The molecule has 1 fully saturated rings. The molecule has 0 aromatic heterocycles. The smallest absolute Gasteiger partial charge is 0.127 e. The molecule has 1 saturated carbocycles. The third-order valence-electron chi connectivity index (χ3n) is 4.30. The van der Waals surface area contributed by atoms with Crippen molar-refractivity contribution < 1.29 is 4.74 Å². The molecule has 128 valence electrons. The molecule has 0 saturated heterocycles. The molecule has 1 unspecified atom stereocenters. The van der Waals surface area contributed by atoms with Gasteiger partial charge in [-0.3, -0.25) is 5.84 Å². The molecule has 2 aromatic carbocycles. The van der Waals surface area contributed by atoms with E-state index in [4.69, 9.17) is 10.6 Å². The molecule has 0 aliphatic heterocycles. The Morgan fingerprint density at radius 2 is 1.79 bits per heavy atom. The molecule has 0 bridgehead atoms. The van der Waals surface area contributed by atoms with Crippen LogP contribution in [-0.4, -0.2) is 30.3 Å². The van der Waals surface area contributed by atoms with Gasteiger partial charge in [-0.2, -0.15) is 10.7 Å². The number of hydrogen-bond donors (Lipinski definition) is 2. The van der Waals surface area contributed by atoms with Crippen LogP contribution in [0, 0.1) is 5.92 Å². The highest BCUT2D eigenvalue weighted by atomic mass is 16.5. The first-order valence-electron chi connectivity index (χ1n) is 8.41. The first kappa shape index (κ1) is 16.9. The van der Waals surface area contributed by atoms with Crippen LogP contribution in [0.4, 0.5) is 0 Å². The lowest BCUT2D eigenvalue weighted by Gasteiger charge is -2.31. The lowest BCUT2D eigenvalue weighted by atomic mass is 10.0. The Kier molecular flexibility index (Phi) is 5.48. The van der Waals surface area contributed by atoms with E-state index in [0.29, 0.717) is 6.04 Å². The van der Waals surface area contributed by atoms with Crippen molar-refractivity contribution in [2.45, 2.75) is 25.3 Å². The van der Waals surface area contributed by atoms with Gasteiger partial charge in [-0.15, -0.1) is 0 Å². The third-order valence-corrected chi connectivity index (χ3v) is 4.30. The van der Waals surface area contributed by atoms with Crippen LogP contribution in [0.5, 0.6) is 11.5 Å². The van der Waals surface area contributed by atoms with Crippen LogP contribution in [0.3, 0.4) is 0 Å². The van der Waals surface area contributed by atoms with Crippen LogP contribution < -0.4 is 16.1 Å². The van der Waals surface area contributed by atoms with E-state index < -0.39 is 0 Å². The summed E-state index contributed by atoms with van der Waals surface area (Å²) >= 11 is 0. The molecule has 0 amide bonds. The molecule has 0 radical (unpaired) electrons. The van der Waals surface area contributed by atoms with Gasteiger partial charge in [-0.1, -0.05) is 30.3 Å². The van der Waals surface area contributed by atoms with E-state index in [2.05, 4.69) is 35.8 Å². The van der Waals surface area contributed by atoms with Crippen molar-refractivity contribution in [3.05, 3.63) is 60.2 Å². The van der Waals surface area contributed by atoms with Gasteiger partial charge in [0.2, 0.25) is 0 Å². The van der Waals surface area contributed by atoms with Gasteiger partial charge in [0.15, 0.2) is 0 Å². The van der Waals surface area contributed by atoms with E-state index in [-0.39, 0.29) is 0 Å². The number of rotatable bonds is 8. The van der Waals surface area contributed by atoms with Gasteiger partial charge in [0.05, 0.1) is 0 Å². The van der Waals surface area contributed by atoms with Crippen LogP contribution in [0.25, 0.3) is 0 Å². The second-order valence-corrected chi connectivity index (χ2v) is 6.49. The predicted octanol–water partition coefficient (Wildman–Crippen LogP) is 2.96. The second kappa shape index (κ2) is 7.77. The minimum absolute atomic E-state index is 0.419. The quantitative estimate of drug-likeness (QED) is 0.577. The Morgan fingerprint density at radius 1 is 1.08 bits per heavy atom. The number of nitrogens with two attached hydrogens (primary N) is 1. The summed E-state index contributed by atoms with van der Waals surface area (Å²) in [5.74, 6) is 8.17. The normalized spacial score (nSPS) is 15.7. The second-order valence-electron chi connectivity index (χ2n) is 6.49. The minimum atomic E-state index is 0.419. The minimum Gasteiger partial charge on any atom is -0.457 e.